The van der Waals surface area contributed by atoms with E-state index in [1.54, 1.807) is 6.20 Å². The lowest BCUT2D eigenvalue weighted by Crippen LogP contribution is -2.17. The molecule has 2 aromatic rings. The molecular weight excluding hydrogens is 291 g/mol. The van der Waals surface area contributed by atoms with Gasteiger partial charge in [0, 0.05) is 12.6 Å². The van der Waals surface area contributed by atoms with Crippen LogP contribution in [0.15, 0.2) is 30.5 Å². The Hall–Kier alpha value is -1.60. The van der Waals surface area contributed by atoms with E-state index in [9.17, 15) is 18.3 Å². The van der Waals surface area contributed by atoms with Gasteiger partial charge in [0.05, 0.1) is 16.0 Å². The van der Waals surface area contributed by atoms with E-state index in [1.807, 2.05) is 6.92 Å². The number of aryl methyl sites for hydroxylation is 1. The van der Waals surface area contributed by atoms with Crippen LogP contribution in [0, 0.1) is 6.92 Å². The van der Waals surface area contributed by atoms with Crippen molar-refractivity contribution in [2.75, 3.05) is 0 Å². The van der Waals surface area contributed by atoms with Crippen molar-refractivity contribution in [2.45, 2.75) is 25.8 Å². The average molecular weight is 303 g/mol. The van der Waals surface area contributed by atoms with Crippen molar-refractivity contribution >= 4 is 11.3 Å². The fourth-order valence-electron chi connectivity index (χ4n) is 1.68. The van der Waals surface area contributed by atoms with Gasteiger partial charge in [-0.2, -0.15) is 0 Å². The van der Waals surface area contributed by atoms with Crippen molar-refractivity contribution in [3.05, 3.63) is 45.9 Å². The number of aliphatic hydroxyl groups excluding tert-OH is 1. The maximum atomic E-state index is 12.0. The van der Waals surface area contributed by atoms with E-state index in [1.165, 1.54) is 35.6 Å². The second kappa shape index (κ2) is 5.80. The highest BCUT2D eigenvalue weighted by Crippen LogP contribution is 2.26. The Labute approximate surface area is 117 Å². The SMILES string of the molecule is Cc1ncc(C(O)Cc2ccc(OC(F)(F)F)cc2)s1. The Morgan fingerprint density at radius 2 is 1.95 bits per heavy atom. The van der Waals surface area contributed by atoms with Crippen LogP contribution in [0.1, 0.15) is 21.6 Å². The van der Waals surface area contributed by atoms with Crippen molar-refractivity contribution in [3.63, 3.8) is 0 Å². The highest BCUT2D eigenvalue weighted by Gasteiger charge is 2.30. The van der Waals surface area contributed by atoms with Gasteiger partial charge in [0.2, 0.25) is 0 Å². The van der Waals surface area contributed by atoms with Gasteiger partial charge in [-0.05, 0) is 24.6 Å². The Bertz CT molecular complexity index is 566. The highest BCUT2D eigenvalue weighted by atomic mass is 32.1. The number of hydrogen-bond acceptors (Lipinski definition) is 4. The van der Waals surface area contributed by atoms with Crippen LogP contribution in [0.25, 0.3) is 0 Å². The highest BCUT2D eigenvalue weighted by molar-refractivity contribution is 7.11. The molecule has 0 aliphatic rings. The summed E-state index contributed by atoms with van der Waals surface area (Å²) in [4.78, 5) is 4.78. The maximum Gasteiger partial charge on any atom is 0.573 e. The second-order valence-electron chi connectivity index (χ2n) is 4.19. The Morgan fingerprint density at radius 1 is 1.30 bits per heavy atom. The predicted molar refractivity (Wildman–Crippen MR) is 68.6 cm³/mol. The standard InChI is InChI=1S/C13H12F3NO2S/c1-8-17-7-12(20-8)11(18)6-9-2-4-10(5-3-9)19-13(14,15)16/h2-5,7,11,18H,6H2,1H3. The number of hydrogen-bond donors (Lipinski definition) is 1. The molecule has 0 bridgehead atoms. The van der Waals surface area contributed by atoms with Gasteiger partial charge in [0.15, 0.2) is 0 Å². The molecule has 0 aliphatic carbocycles. The summed E-state index contributed by atoms with van der Waals surface area (Å²) < 4.78 is 39.8. The first-order valence-electron chi connectivity index (χ1n) is 5.78. The molecule has 108 valence electrons. The number of aromatic nitrogens is 1. The van der Waals surface area contributed by atoms with Crippen LogP contribution in [0.5, 0.6) is 5.75 Å². The van der Waals surface area contributed by atoms with Gasteiger partial charge >= 0.3 is 6.36 Å². The van der Waals surface area contributed by atoms with E-state index in [0.717, 1.165) is 15.4 Å². The van der Waals surface area contributed by atoms with Gasteiger partial charge < -0.3 is 9.84 Å². The largest absolute Gasteiger partial charge is 0.573 e. The first kappa shape index (κ1) is 14.8. The second-order valence-corrected chi connectivity index (χ2v) is 5.46. The number of nitrogens with zero attached hydrogens (tertiary/aromatic N) is 1. The minimum atomic E-state index is -4.69. The van der Waals surface area contributed by atoms with E-state index in [0.29, 0.717) is 6.42 Å². The average Bonchev–Trinajstić information content (AvgIpc) is 2.77. The third kappa shape index (κ3) is 4.21. The number of halogens is 3. The molecule has 0 spiro atoms. The lowest BCUT2D eigenvalue weighted by Gasteiger charge is -2.11. The van der Waals surface area contributed by atoms with E-state index < -0.39 is 12.5 Å². The lowest BCUT2D eigenvalue weighted by molar-refractivity contribution is -0.274. The number of benzene rings is 1. The number of alkyl halides is 3. The van der Waals surface area contributed by atoms with Crippen LogP contribution >= 0.6 is 11.3 Å². The molecule has 2 rings (SSSR count). The van der Waals surface area contributed by atoms with Crippen LogP contribution in [0.3, 0.4) is 0 Å². The monoisotopic (exact) mass is 303 g/mol. The summed E-state index contributed by atoms with van der Waals surface area (Å²) in [6, 6.07) is 5.46. The maximum absolute atomic E-state index is 12.0. The molecule has 0 aliphatic heterocycles. The summed E-state index contributed by atoms with van der Waals surface area (Å²) in [5.74, 6) is -0.274. The van der Waals surface area contributed by atoms with Gasteiger partial charge in [0.1, 0.15) is 5.75 Å². The van der Waals surface area contributed by atoms with Gasteiger partial charge in [-0.15, -0.1) is 24.5 Å². The van der Waals surface area contributed by atoms with Crippen molar-refractivity contribution in [2.24, 2.45) is 0 Å². The van der Waals surface area contributed by atoms with Crippen LogP contribution in [0.2, 0.25) is 0 Å². The van der Waals surface area contributed by atoms with E-state index >= 15 is 0 Å². The van der Waals surface area contributed by atoms with Crippen molar-refractivity contribution in [3.8, 4) is 5.75 Å². The van der Waals surface area contributed by atoms with Crippen LogP contribution in [-0.2, 0) is 6.42 Å². The minimum absolute atomic E-state index is 0.274. The molecule has 0 saturated heterocycles. The number of rotatable bonds is 4. The Morgan fingerprint density at radius 3 is 2.45 bits per heavy atom. The van der Waals surface area contributed by atoms with Crippen LogP contribution < -0.4 is 4.74 Å². The zero-order valence-electron chi connectivity index (χ0n) is 10.5. The molecule has 20 heavy (non-hydrogen) atoms. The molecule has 0 radical (unpaired) electrons. The first-order chi connectivity index (χ1) is 9.33. The van der Waals surface area contributed by atoms with Gasteiger partial charge in [-0.1, -0.05) is 12.1 Å². The smallest absolute Gasteiger partial charge is 0.406 e. The predicted octanol–water partition coefficient (Wildman–Crippen LogP) is 3.63. The Kier molecular flexibility index (Phi) is 4.29. The summed E-state index contributed by atoms with van der Waals surface area (Å²) >= 11 is 1.39. The summed E-state index contributed by atoms with van der Waals surface area (Å²) in [6.45, 7) is 1.84. The fraction of sp³-hybridized carbons (Fsp3) is 0.308. The molecule has 3 nitrogen and oxygen atoms in total. The first-order valence-corrected chi connectivity index (χ1v) is 6.60. The zero-order chi connectivity index (χ0) is 14.8. The molecule has 0 saturated carbocycles. The summed E-state index contributed by atoms with van der Waals surface area (Å²) in [6.07, 6.45) is -3.49. The molecule has 1 aromatic heterocycles. The number of aliphatic hydroxyl groups is 1. The number of ether oxygens (including phenoxy) is 1. The molecule has 1 heterocycles. The quantitative estimate of drug-likeness (QED) is 0.938. The van der Waals surface area contributed by atoms with E-state index in [2.05, 4.69) is 9.72 Å². The zero-order valence-corrected chi connectivity index (χ0v) is 11.3. The molecule has 1 atom stereocenters. The van der Waals surface area contributed by atoms with E-state index in [4.69, 9.17) is 0 Å². The summed E-state index contributed by atoms with van der Waals surface area (Å²) in [5, 5.41) is 10.9. The molecular formula is C13H12F3NO2S. The molecule has 1 aromatic carbocycles. The minimum Gasteiger partial charge on any atom is -0.406 e. The van der Waals surface area contributed by atoms with Gasteiger partial charge in [-0.3, -0.25) is 0 Å². The molecule has 1 unspecified atom stereocenters. The van der Waals surface area contributed by atoms with Crippen LogP contribution in [-0.4, -0.2) is 16.5 Å². The lowest BCUT2D eigenvalue weighted by atomic mass is 10.1. The number of thiazole rings is 1. The molecule has 0 fully saturated rings. The summed E-state index contributed by atoms with van der Waals surface area (Å²) in [5.41, 5.74) is 0.720. The topological polar surface area (TPSA) is 42.4 Å². The van der Waals surface area contributed by atoms with Gasteiger partial charge in [-0.25, -0.2) is 4.98 Å². The Balaban J connectivity index is 2.00. The summed E-state index contributed by atoms with van der Waals surface area (Å²) in [7, 11) is 0. The molecule has 1 N–H and O–H groups in total. The van der Waals surface area contributed by atoms with Crippen molar-refractivity contribution in [1.82, 2.24) is 4.98 Å². The third-order valence-corrected chi connectivity index (χ3v) is 3.57. The fourth-order valence-corrected chi connectivity index (χ4v) is 2.45. The van der Waals surface area contributed by atoms with E-state index in [-0.39, 0.29) is 5.75 Å². The van der Waals surface area contributed by atoms with Crippen molar-refractivity contribution < 1.29 is 23.0 Å². The molecule has 0 amide bonds. The normalized spacial score (nSPS) is 13.2. The van der Waals surface area contributed by atoms with Gasteiger partial charge in [0.25, 0.3) is 0 Å². The van der Waals surface area contributed by atoms with Crippen LogP contribution in [0.4, 0.5) is 13.2 Å². The third-order valence-electron chi connectivity index (χ3n) is 2.55. The molecule has 7 heteroatoms. The van der Waals surface area contributed by atoms with Crippen molar-refractivity contribution in [1.29, 1.82) is 0 Å².